The van der Waals surface area contributed by atoms with Gasteiger partial charge in [0.25, 0.3) is 11.5 Å². The van der Waals surface area contributed by atoms with Gasteiger partial charge in [-0.05, 0) is 28.5 Å². The van der Waals surface area contributed by atoms with Crippen molar-refractivity contribution in [3.05, 3.63) is 99.1 Å². The first-order chi connectivity index (χ1) is 21.6. The minimum absolute atomic E-state index is 0.0129. The molecular weight excluding hydrogens is 666 g/mol. The zero-order chi connectivity index (χ0) is 36.9. The Morgan fingerprint density at radius 1 is 0.479 bits per heavy atom. The Kier molecular flexibility index (Phi) is 9.40. The summed E-state index contributed by atoms with van der Waals surface area (Å²) >= 11 is 0. The van der Waals surface area contributed by atoms with Gasteiger partial charge in [0.1, 0.15) is 11.5 Å². The molecule has 0 aliphatic heterocycles. The van der Waals surface area contributed by atoms with Crippen LogP contribution in [0.15, 0.2) is 36.4 Å². The van der Waals surface area contributed by atoms with Crippen LogP contribution in [0.5, 0.6) is 23.0 Å². The van der Waals surface area contributed by atoms with Crippen LogP contribution < -0.4 is 9.47 Å². The van der Waals surface area contributed by atoms with Gasteiger partial charge >= 0.3 is 35.1 Å². The fourth-order valence-corrected chi connectivity index (χ4v) is 4.42. The summed E-state index contributed by atoms with van der Waals surface area (Å²) < 4.78 is 92.4. The minimum atomic E-state index is -5.25. The van der Waals surface area contributed by atoms with Crippen molar-refractivity contribution >= 4 is 22.7 Å². The number of halogens is 6. The molecule has 0 N–H and O–H groups in total. The fraction of sp³-hybridized carbons (Fsp3) is 0.357. The lowest BCUT2D eigenvalue weighted by molar-refractivity contribution is -0.396. The molecule has 0 aliphatic rings. The van der Waals surface area contributed by atoms with Gasteiger partial charge in [0, 0.05) is 29.8 Å². The molecule has 0 spiro atoms. The molecule has 0 saturated carbocycles. The molecule has 48 heavy (non-hydrogen) atoms. The second kappa shape index (κ2) is 12.2. The van der Waals surface area contributed by atoms with Crippen molar-refractivity contribution in [3.8, 4) is 23.0 Å². The highest BCUT2D eigenvalue weighted by molar-refractivity contribution is 5.67. The van der Waals surface area contributed by atoms with Crippen LogP contribution in [-0.4, -0.2) is 19.7 Å². The van der Waals surface area contributed by atoms with E-state index >= 15 is 0 Å². The van der Waals surface area contributed by atoms with Crippen molar-refractivity contribution in [1.82, 2.24) is 0 Å². The third-order valence-electron chi connectivity index (χ3n) is 6.65. The van der Waals surface area contributed by atoms with Crippen LogP contribution in [0.3, 0.4) is 0 Å². The van der Waals surface area contributed by atoms with Gasteiger partial charge in [-0.1, -0.05) is 41.5 Å². The van der Waals surface area contributed by atoms with E-state index in [9.17, 15) is 66.8 Å². The molecule has 3 aromatic carbocycles. The van der Waals surface area contributed by atoms with E-state index in [2.05, 4.69) is 0 Å². The van der Waals surface area contributed by atoms with Crippen LogP contribution in [0.2, 0.25) is 0 Å². The fourth-order valence-electron chi connectivity index (χ4n) is 4.42. The van der Waals surface area contributed by atoms with Crippen LogP contribution in [0, 0.1) is 40.5 Å². The molecule has 0 fully saturated rings. The predicted octanol–water partition coefficient (Wildman–Crippen LogP) is 9.54. The molecule has 0 aliphatic carbocycles. The van der Waals surface area contributed by atoms with Crippen LogP contribution in [-0.2, 0) is 23.2 Å². The SMILES string of the molecule is CC(C)(C)c1cc(Oc2c([N+](=O)[O-])cc(C(F)(F)F)cc2[N+](=O)[O-])c(C(C)(C)C)c(Oc2c([N+](=O)[O-])cc(C(F)(F)F)cc2[N+](=O)[O-])c1. The van der Waals surface area contributed by atoms with E-state index in [0.717, 1.165) is 0 Å². The van der Waals surface area contributed by atoms with Gasteiger partial charge in [0.2, 0.25) is 0 Å². The van der Waals surface area contributed by atoms with E-state index in [4.69, 9.17) is 9.47 Å². The number of hydrogen-bond donors (Lipinski definition) is 0. The minimum Gasteiger partial charge on any atom is -0.444 e. The van der Waals surface area contributed by atoms with Crippen LogP contribution in [0.25, 0.3) is 0 Å². The van der Waals surface area contributed by atoms with Crippen LogP contribution in [0.4, 0.5) is 49.1 Å². The monoisotopic (exact) mass is 690 g/mol. The van der Waals surface area contributed by atoms with Crippen molar-refractivity contribution in [3.63, 3.8) is 0 Å². The average Bonchev–Trinajstić information content (AvgIpc) is 2.89. The number of rotatable bonds is 8. The summed E-state index contributed by atoms with van der Waals surface area (Å²) in [7, 11) is 0. The highest BCUT2D eigenvalue weighted by Crippen LogP contribution is 2.52. The number of nitro groups is 4. The summed E-state index contributed by atoms with van der Waals surface area (Å²) in [4.78, 5) is 42.1. The first-order valence-corrected chi connectivity index (χ1v) is 13.3. The number of nitrogens with zero attached hydrogens (tertiary/aromatic N) is 4. The zero-order valence-corrected chi connectivity index (χ0v) is 25.6. The van der Waals surface area contributed by atoms with Gasteiger partial charge in [-0.25, -0.2) is 0 Å². The smallest absolute Gasteiger partial charge is 0.416 e. The molecule has 0 aromatic heterocycles. The molecule has 20 heteroatoms. The molecule has 0 radical (unpaired) electrons. The van der Waals surface area contributed by atoms with Gasteiger partial charge in [-0.3, -0.25) is 40.5 Å². The summed E-state index contributed by atoms with van der Waals surface area (Å²) in [5.74, 6) is -3.53. The molecule has 0 bridgehead atoms. The van der Waals surface area contributed by atoms with Gasteiger partial charge in [0.15, 0.2) is 0 Å². The summed E-state index contributed by atoms with van der Waals surface area (Å²) in [6, 6.07) is 2.46. The second-order valence-electron chi connectivity index (χ2n) is 12.3. The van der Waals surface area contributed by atoms with Gasteiger partial charge in [-0.2, -0.15) is 26.3 Å². The maximum atomic E-state index is 13.5. The van der Waals surface area contributed by atoms with Gasteiger partial charge < -0.3 is 9.47 Å². The molecule has 0 unspecified atom stereocenters. The molecule has 3 rings (SSSR count). The lowest BCUT2D eigenvalue weighted by Crippen LogP contribution is -2.18. The number of hydrogen-bond acceptors (Lipinski definition) is 10. The highest BCUT2D eigenvalue weighted by Gasteiger charge is 2.42. The zero-order valence-electron chi connectivity index (χ0n) is 25.6. The first-order valence-electron chi connectivity index (χ1n) is 13.3. The third-order valence-corrected chi connectivity index (χ3v) is 6.65. The van der Waals surface area contributed by atoms with Crippen LogP contribution in [0.1, 0.15) is 63.8 Å². The lowest BCUT2D eigenvalue weighted by atomic mass is 9.80. The Bertz CT molecular complexity index is 1660. The van der Waals surface area contributed by atoms with E-state index in [-0.39, 0.29) is 35.4 Å². The molecule has 258 valence electrons. The number of ether oxygens (including phenoxy) is 2. The summed E-state index contributed by atoms with van der Waals surface area (Å²) in [5, 5.41) is 47.5. The summed E-state index contributed by atoms with van der Waals surface area (Å²) in [6.45, 7) is 9.13. The molecule has 14 nitrogen and oxygen atoms in total. The molecule has 0 atom stereocenters. The first kappa shape index (κ1) is 36.9. The number of benzene rings is 3. The van der Waals surface area contributed by atoms with Gasteiger partial charge in [0.05, 0.1) is 30.8 Å². The Morgan fingerprint density at radius 3 is 0.938 bits per heavy atom. The second-order valence-corrected chi connectivity index (χ2v) is 12.3. The predicted molar refractivity (Wildman–Crippen MR) is 153 cm³/mol. The molecule has 3 aromatic rings. The topological polar surface area (TPSA) is 191 Å². The van der Waals surface area contributed by atoms with Crippen molar-refractivity contribution in [1.29, 1.82) is 0 Å². The standard InChI is InChI=1S/C28H24F6N4O10/c1-25(2,3)13-11-20(47-23-16(35(39)40)7-14(27(29,30)31)8-17(23)36(41)42)22(26(4,5)6)21(12-13)48-24-18(37(43)44)9-15(28(32,33)34)10-19(24)38(45)46/h7-12H,1-6H3. The summed E-state index contributed by atoms with van der Waals surface area (Å²) in [6.07, 6.45) is -10.5. The van der Waals surface area contributed by atoms with E-state index in [1.54, 1.807) is 20.8 Å². The molecule has 0 amide bonds. The Hall–Kier alpha value is -5.56. The number of nitro benzene ring substituents is 4. The Morgan fingerprint density at radius 2 is 0.750 bits per heavy atom. The highest BCUT2D eigenvalue weighted by atomic mass is 19.4. The molecule has 0 heterocycles. The van der Waals surface area contributed by atoms with Crippen molar-refractivity contribution in [2.45, 2.75) is 64.7 Å². The van der Waals surface area contributed by atoms with E-state index in [1.165, 1.54) is 32.9 Å². The van der Waals surface area contributed by atoms with E-state index in [1.807, 2.05) is 0 Å². The lowest BCUT2D eigenvalue weighted by Gasteiger charge is -2.29. The Balaban J connectivity index is 2.51. The third kappa shape index (κ3) is 7.69. The average molecular weight is 691 g/mol. The molecule has 0 saturated heterocycles. The van der Waals surface area contributed by atoms with E-state index in [0.29, 0.717) is 0 Å². The quantitative estimate of drug-likeness (QED) is 0.125. The largest absolute Gasteiger partial charge is 0.444 e. The van der Waals surface area contributed by atoms with Crippen LogP contribution >= 0.6 is 0 Å². The van der Waals surface area contributed by atoms with E-state index < -0.39 is 99.8 Å². The van der Waals surface area contributed by atoms with Gasteiger partial charge in [-0.15, -0.1) is 0 Å². The van der Waals surface area contributed by atoms with Crippen molar-refractivity contribution < 1.29 is 55.5 Å². The maximum absolute atomic E-state index is 13.5. The normalized spacial score (nSPS) is 12.4. The molecular formula is C28H24F6N4O10. The van der Waals surface area contributed by atoms with Crippen molar-refractivity contribution in [2.75, 3.05) is 0 Å². The number of alkyl halides is 6. The Labute approximate surface area is 265 Å². The maximum Gasteiger partial charge on any atom is 0.416 e. The summed E-state index contributed by atoms with van der Waals surface area (Å²) in [5.41, 5.74) is -11.6. The van der Waals surface area contributed by atoms with Crippen molar-refractivity contribution in [2.24, 2.45) is 0 Å².